The summed E-state index contributed by atoms with van der Waals surface area (Å²) in [7, 11) is 1.90. The van der Waals surface area contributed by atoms with Gasteiger partial charge in [0.1, 0.15) is 0 Å². The molecule has 112 valence electrons. The molecule has 0 aromatic carbocycles. The number of hydrogen-bond donors (Lipinski definition) is 0. The normalized spacial score (nSPS) is 18.2. The Kier molecular flexibility index (Phi) is 4.40. The second kappa shape index (κ2) is 6.44. The molecule has 3 rings (SSSR count). The largest absolute Gasteiger partial charge is 0.376 e. The van der Waals surface area contributed by atoms with Crippen LogP contribution in [0.5, 0.6) is 0 Å². The minimum Gasteiger partial charge on any atom is -0.376 e. The molecular weight excluding hydrogens is 286 g/mol. The van der Waals surface area contributed by atoms with Gasteiger partial charge in [0.2, 0.25) is 0 Å². The molecule has 0 N–H and O–H groups in total. The molecule has 1 unspecified atom stereocenters. The van der Waals surface area contributed by atoms with Crippen molar-refractivity contribution in [3.05, 3.63) is 25.0 Å². The fourth-order valence-corrected chi connectivity index (χ4v) is 3.12. The quantitative estimate of drug-likeness (QED) is 0.604. The van der Waals surface area contributed by atoms with E-state index in [4.69, 9.17) is 4.74 Å². The van der Waals surface area contributed by atoms with Crippen LogP contribution >= 0.6 is 11.8 Å². The fraction of sp³-hybridized carbons (Fsp3) is 0.500. The topological polar surface area (TPSA) is 57.8 Å². The summed E-state index contributed by atoms with van der Waals surface area (Å²) >= 11 is 1.64. The second-order valence-corrected chi connectivity index (χ2v) is 6.04. The lowest BCUT2D eigenvalue weighted by Crippen LogP contribution is -2.16. The number of thioether (sulfide) groups is 1. The molecule has 7 heteroatoms. The van der Waals surface area contributed by atoms with Crippen LogP contribution in [0.3, 0.4) is 0 Å². The molecule has 0 spiro atoms. The molecule has 0 amide bonds. The first-order valence-electron chi connectivity index (χ1n) is 7.05. The van der Waals surface area contributed by atoms with E-state index in [1.165, 1.54) is 0 Å². The Balaban J connectivity index is 1.90. The number of aromatic nitrogens is 5. The van der Waals surface area contributed by atoms with Gasteiger partial charge in [0.05, 0.1) is 24.4 Å². The number of aryl methyl sites for hydroxylation is 1. The Hall–Kier alpha value is -1.60. The van der Waals surface area contributed by atoms with Gasteiger partial charge in [-0.15, -0.1) is 16.8 Å². The number of ether oxygens (including phenoxy) is 1. The van der Waals surface area contributed by atoms with Crippen LogP contribution in [0.25, 0.3) is 11.4 Å². The van der Waals surface area contributed by atoms with Crippen molar-refractivity contribution < 1.29 is 4.74 Å². The van der Waals surface area contributed by atoms with Crippen LogP contribution in [0, 0.1) is 0 Å². The van der Waals surface area contributed by atoms with E-state index in [1.54, 1.807) is 16.4 Å². The van der Waals surface area contributed by atoms with E-state index in [9.17, 15) is 0 Å². The van der Waals surface area contributed by atoms with E-state index in [-0.39, 0.29) is 6.10 Å². The number of rotatable bonds is 6. The van der Waals surface area contributed by atoms with Crippen molar-refractivity contribution in [2.24, 2.45) is 7.05 Å². The van der Waals surface area contributed by atoms with Crippen molar-refractivity contribution in [1.29, 1.82) is 0 Å². The lowest BCUT2D eigenvalue weighted by atomic mass is 10.2. The van der Waals surface area contributed by atoms with E-state index in [0.717, 1.165) is 48.3 Å². The lowest BCUT2D eigenvalue weighted by molar-refractivity contribution is 0.0953. The molecule has 1 fully saturated rings. The molecule has 0 saturated carbocycles. The predicted octanol–water partition coefficient (Wildman–Crippen LogP) is 2.14. The molecular formula is C14H19N5OS. The van der Waals surface area contributed by atoms with Gasteiger partial charge >= 0.3 is 0 Å². The summed E-state index contributed by atoms with van der Waals surface area (Å²) in [6, 6.07) is 0. The standard InChI is InChI=1S/C14H19N5OS/c1-3-7-21-14-17-16-13(11-8-15-18(2)9-11)19(14)10-12-5-4-6-20-12/h3,8-9,12H,1,4-7,10H2,2H3. The Morgan fingerprint density at radius 2 is 2.43 bits per heavy atom. The number of hydrogen-bond acceptors (Lipinski definition) is 5. The molecule has 1 saturated heterocycles. The summed E-state index contributed by atoms with van der Waals surface area (Å²) in [4.78, 5) is 0. The first-order valence-corrected chi connectivity index (χ1v) is 8.04. The van der Waals surface area contributed by atoms with Crippen LogP contribution < -0.4 is 0 Å². The third-order valence-electron chi connectivity index (χ3n) is 3.42. The maximum atomic E-state index is 5.76. The van der Waals surface area contributed by atoms with Crippen molar-refractivity contribution in [3.63, 3.8) is 0 Å². The van der Waals surface area contributed by atoms with Crippen LogP contribution in [-0.4, -0.2) is 43.0 Å². The molecule has 0 radical (unpaired) electrons. The second-order valence-electron chi connectivity index (χ2n) is 5.05. The third kappa shape index (κ3) is 3.19. The minimum atomic E-state index is 0.250. The van der Waals surface area contributed by atoms with E-state index in [2.05, 4.69) is 26.4 Å². The zero-order chi connectivity index (χ0) is 14.7. The first-order chi connectivity index (χ1) is 10.3. The summed E-state index contributed by atoms with van der Waals surface area (Å²) in [5.41, 5.74) is 0.980. The SMILES string of the molecule is C=CCSc1nnc(-c2cnn(C)c2)n1CC1CCCO1. The van der Waals surface area contributed by atoms with Gasteiger partial charge in [0.15, 0.2) is 11.0 Å². The molecule has 21 heavy (non-hydrogen) atoms. The average Bonchev–Trinajstić information content (AvgIpc) is 3.19. The molecule has 0 aliphatic carbocycles. The van der Waals surface area contributed by atoms with Crippen molar-refractivity contribution >= 4 is 11.8 Å². The molecule has 6 nitrogen and oxygen atoms in total. The van der Waals surface area contributed by atoms with Gasteiger partial charge in [-0.2, -0.15) is 5.10 Å². The highest BCUT2D eigenvalue weighted by molar-refractivity contribution is 7.99. The molecule has 1 aliphatic rings. The van der Waals surface area contributed by atoms with Gasteiger partial charge < -0.3 is 4.74 Å². The summed E-state index contributed by atoms with van der Waals surface area (Å²) in [6.45, 7) is 5.40. The van der Waals surface area contributed by atoms with Gasteiger partial charge in [-0.1, -0.05) is 17.8 Å². The van der Waals surface area contributed by atoms with E-state index >= 15 is 0 Å². The zero-order valence-electron chi connectivity index (χ0n) is 12.1. The summed E-state index contributed by atoms with van der Waals surface area (Å²) in [5.74, 6) is 1.67. The Labute approximate surface area is 128 Å². The van der Waals surface area contributed by atoms with Crippen LogP contribution in [-0.2, 0) is 18.3 Å². The van der Waals surface area contributed by atoms with Gasteiger partial charge in [-0.05, 0) is 12.8 Å². The smallest absolute Gasteiger partial charge is 0.191 e. The molecule has 1 atom stereocenters. The summed E-state index contributed by atoms with van der Waals surface area (Å²) in [6.07, 6.45) is 8.12. The average molecular weight is 305 g/mol. The highest BCUT2D eigenvalue weighted by atomic mass is 32.2. The Morgan fingerprint density at radius 1 is 1.52 bits per heavy atom. The summed E-state index contributed by atoms with van der Waals surface area (Å²) in [5, 5.41) is 13.8. The molecule has 0 bridgehead atoms. The third-order valence-corrected chi connectivity index (χ3v) is 4.38. The zero-order valence-corrected chi connectivity index (χ0v) is 12.9. The van der Waals surface area contributed by atoms with E-state index in [0.29, 0.717) is 0 Å². The van der Waals surface area contributed by atoms with Gasteiger partial charge in [-0.25, -0.2) is 0 Å². The maximum absolute atomic E-state index is 5.76. The molecule has 3 heterocycles. The van der Waals surface area contributed by atoms with E-state index in [1.807, 2.05) is 25.5 Å². The van der Waals surface area contributed by atoms with Crippen molar-refractivity contribution in [2.45, 2.75) is 30.6 Å². The van der Waals surface area contributed by atoms with Crippen molar-refractivity contribution in [1.82, 2.24) is 24.5 Å². The molecule has 2 aromatic rings. The predicted molar refractivity (Wildman–Crippen MR) is 82.1 cm³/mol. The molecule has 2 aromatic heterocycles. The van der Waals surface area contributed by atoms with Gasteiger partial charge in [-0.3, -0.25) is 9.25 Å². The van der Waals surface area contributed by atoms with Crippen LogP contribution in [0.15, 0.2) is 30.2 Å². The van der Waals surface area contributed by atoms with Crippen LogP contribution in [0.1, 0.15) is 12.8 Å². The van der Waals surface area contributed by atoms with Crippen LogP contribution in [0.4, 0.5) is 0 Å². The fourth-order valence-electron chi connectivity index (χ4n) is 2.44. The Bertz CT molecular complexity index is 615. The monoisotopic (exact) mass is 305 g/mol. The minimum absolute atomic E-state index is 0.250. The highest BCUT2D eigenvalue weighted by Crippen LogP contribution is 2.26. The summed E-state index contributed by atoms with van der Waals surface area (Å²) < 4.78 is 9.67. The highest BCUT2D eigenvalue weighted by Gasteiger charge is 2.22. The van der Waals surface area contributed by atoms with Gasteiger partial charge in [0.25, 0.3) is 0 Å². The molecule has 1 aliphatic heterocycles. The number of nitrogens with zero attached hydrogens (tertiary/aromatic N) is 5. The van der Waals surface area contributed by atoms with Gasteiger partial charge in [0, 0.05) is 25.6 Å². The van der Waals surface area contributed by atoms with Crippen LogP contribution in [0.2, 0.25) is 0 Å². The van der Waals surface area contributed by atoms with E-state index < -0.39 is 0 Å². The van der Waals surface area contributed by atoms with Crippen molar-refractivity contribution in [2.75, 3.05) is 12.4 Å². The maximum Gasteiger partial charge on any atom is 0.191 e. The lowest BCUT2D eigenvalue weighted by Gasteiger charge is -2.13. The first kappa shape index (κ1) is 14.3. The van der Waals surface area contributed by atoms with Crippen molar-refractivity contribution in [3.8, 4) is 11.4 Å². The Morgan fingerprint density at radius 3 is 3.10 bits per heavy atom.